The van der Waals surface area contributed by atoms with Crippen molar-refractivity contribution in [3.8, 4) is 11.5 Å². The molecule has 0 aromatic heterocycles. The van der Waals surface area contributed by atoms with E-state index in [1.54, 1.807) is 4.90 Å². The average Bonchev–Trinajstić information content (AvgIpc) is 2.92. The van der Waals surface area contributed by atoms with Crippen LogP contribution in [-0.4, -0.2) is 67.2 Å². The monoisotopic (exact) mass is 574 g/mol. The smallest absolute Gasteiger partial charge is 0.329 e. The van der Waals surface area contributed by atoms with Gasteiger partial charge in [-0.2, -0.15) is 0 Å². The van der Waals surface area contributed by atoms with Gasteiger partial charge in [0.1, 0.15) is 17.0 Å². The summed E-state index contributed by atoms with van der Waals surface area (Å²) in [7, 11) is -3.33. The number of hydrogen-bond donors (Lipinski definition) is 2. The fourth-order valence-corrected chi connectivity index (χ4v) is 6.52. The molecule has 1 saturated heterocycles. The first-order valence-corrected chi connectivity index (χ1v) is 15.8. The highest BCUT2D eigenvalue weighted by Gasteiger charge is 2.46. The molecular weight excluding hydrogens is 532 g/mol. The molecule has 1 heterocycles. The third-order valence-corrected chi connectivity index (χ3v) is 9.19. The van der Waals surface area contributed by atoms with Crippen molar-refractivity contribution in [1.82, 2.24) is 10.2 Å². The number of unbranched alkanes of at least 4 members (excludes halogenated alkanes) is 1. The Balaban J connectivity index is 1.88. The van der Waals surface area contributed by atoms with Gasteiger partial charge in [0.15, 0.2) is 9.84 Å². The van der Waals surface area contributed by atoms with Crippen molar-refractivity contribution in [3.63, 3.8) is 0 Å². The molecule has 1 aliphatic heterocycles. The quantitative estimate of drug-likeness (QED) is 0.326. The molecule has 10 heteroatoms. The van der Waals surface area contributed by atoms with Crippen molar-refractivity contribution in [2.24, 2.45) is 0 Å². The molecule has 0 spiro atoms. The number of aryl methyl sites for hydroxylation is 1. The van der Waals surface area contributed by atoms with Crippen LogP contribution in [0, 0.1) is 6.92 Å². The van der Waals surface area contributed by atoms with Gasteiger partial charge in [0.2, 0.25) is 0 Å². The summed E-state index contributed by atoms with van der Waals surface area (Å²) in [4.78, 5) is 27.7. The summed E-state index contributed by atoms with van der Waals surface area (Å²) in [5, 5.41) is 12.8. The molecule has 3 rings (SSSR count). The van der Waals surface area contributed by atoms with Gasteiger partial charge in [-0.15, -0.1) is 0 Å². The van der Waals surface area contributed by atoms with Crippen molar-refractivity contribution < 1.29 is 32.6 Å². The molecule has 0 saturated carbocycles. The van der Waals surface area contributed by atoms with E-state index in [2.05, 4.69) is 17.4 Å². The second kappa shape index (κ2) is 13.9. The van der Waals surface area contributed by atoms with E-state index in [0.29, 0.717) is 37.7 Å². The van der Waals surface area contributed by atoms with Crippen molar-refractivity contribution in [3.05, 3.63) is 59.2 Å². The van der Waals surface area contributed by atoms with E-state index >= 15 is 0 Å². The Bertz CT molecular complexity index is 1220. The topological polar surface area (TPSA) is 122 Å². The number of nitrogens with one attached hydrogen (secondary N) is 1. The normalized spacial score (nSPS) is 16.5. The van der Waals surface area contributed by atoms with E-state index in [1.165, 1.54) is 5.56 Å². The van der Waals surface area contributed by atoms with E-state index in [-0.39, 0.29) is 24.3 Å². The van der Waals surface area contributed by atoms with Crippen LogP contribution in [0.25, 0.3) is 0 Å². The summed E-state index contributed by atoms with van der Waals surface area (Å²) in [5.74, 6) is -0.447. The van der Waals surface area contributed by atoms with Crippen LogP contribution < -0.4 is 14.8 Å². The zero-order valence-electron chi connectivity index (χ0n) is 23.9. The van der Waals surface area contributed by atoms with Crippen molar-refractivity contribution in [2.45, 2.75) is 71.4 Å². The van der Waals surface area contributed by atoms with Crippen LogP contribution in [-0.2, 0) is 21.1 Å². The average molecular weight is 575 g/mol. The highest BCUT2D eigenvalue weighted by atomic mass is 32.2. The lowest BCUT2D eigenvalue weighted by atomic mass is 9.92. The van der Waals surface area contributed by atoms with Crippen LogP contribution in [0.4, 0.5) is 4.79 Å². The van der Waals surface area contributed by atoms with Crippen LogP contribution in [0.5, 0.6) is 11.5 Å². The molecule has 0 aliphatic carbocycles. The minimum Gasteiger partial charge on any atom is -0.493 e. The van der Waals surface area contributed by atoms with Gasteiger partial charge < -0.3 is 24.8 Å². The van der Waals surface area contributed by atoms with Gasteiger partial charge in [-0.05, 0) is 83.1 Å². The molecule has 2 amide bonds. The maximum Gasteiger partial charge on any atom is 0.329 e. The van der Waals surface area contributed by atoms with Gasteiger partial charge in [0.25, 0.3) is 0 Å². The van der Waals surface area contributed by atoms with Gasteiger partial charge in [-0.3, -0.25) is 0 Å². The number of ether oxygens (including phenoxy) is 2. The molecule has 0 unspecified atom stereocenters. The Hall–Kier alpha value is -3.27. The van der Waals surface area contributed by atoms with Crippen LogP contribution in [0.2, 0.25) is 0 Å². The van der Waals surface area contributed by atoms with Gasteiger partial charge >= 0.3 is 12.0 Å². The molecule has 40 heavy (non-hydrogen) atoms. The summed E-state index contributed by atoms with van der Waals surface area (Å²) in [6.45, 7) is 8.94. The van der Waals surface area contributed by atoms with E-state index in [9.17, 15) is 23.1 Å². The second-order valence-electron chi connectivity index (χ2n) is 10.3. The predicted octanol–water partition coefficient (Wildman–Crippen LogP) is 4.92. The van der Waals surface area contributed by atoms with Crippen LogP contribution in [0.15, 0.2) is 42.5 Å². The van der Waals surface area contributed by atoms with Gasteiger partial charge in [-0.25, -0.2) is 18.0 Å². The lowest BCUT2D eigenvalue weighted by Gasteiger charge is -2.38. The molecule has 2 aromatic rings. The van der Waals surface area contributed by atoms with E-state index in [0.717, 1.165) is 24.0 Å². The maximum absolute atomic E-state index is 13.8. The minimum atomic E-state index is -3.33. The number of sulfone groups is 1. The number of aliphatic carboxylic acids is 1. The number of amides is 2. The zero-order chi connectivity index (χ0) is 29.3. The lowest BCUT2D eigenvalue weighted by Crippen LogP contribution is -2.61. The fraction of sp³-hybridized carbons (Fsp3) is 0.533. The largest absolute Gasteiger partial charge is 0.493 e. The number of benzene rings is 2. The third-order valence-electron chi connectivity index (χ3n) is 7.54. The standard InChI is InChI=1S/C30H42N2O7S/c1-5-38-26-20-25(21-27(22(26)3)39-6-2)23(4)32(17-11-10-14-24-12-8-7-9-13-24)29(35)31-30(28(33)34)15-18-40(36,37)19-16-30/h7-9,12-13,20-21,23H,5-6,10-11,14-19H2,1-4H3,(H,31,35)(H,33,34)/t23-/m1/s1. The zero-order valence-corrected chi connectivity index (χ0v) is 24.8. The highest BCUT2D eigenvalue weighted by Crippen LogP contribution is 2.35. The van der Waals surface area contributed by atoms with Crippen LogP contribution >= 0.6 is 0 Å². The van der Waals surface area contributed by atoms with Gasteiger partial charge in [-0.1, -0.05) is 30.3 Å². The Labute approximate surface area is 237 Å². The minimum absolute atomic E-state index is 0.167. The number of carboxylic acid groups (broad SMARTS) is 1. The number of carbonyl (C=O) groups excluding carboxylic acids is 1. The van der Waals surface area contributed by atoms with E-state index < -0.39 is 33.4 Å². The molecule has 2 aromatic carbocycles. The van der Waals surface area contributed by atoms with Crippen molar-refractivity contribution in [1.29, 1.82) is 0 Å². The molecule has 1 aliphatic rings. The summed E-state index contributed by atoms with van der Waals surface area (Å²) in [6, 6.07) is 12.9. The summed E-state index contributed by atoms with van der Waals surface area (Å²) in [6.07, 6.45) is 2.06. The number of rotatable bonds is 13. The summed E-state index contributed by atoms with van der Waals surface area (Å²) >= 11 is 0. The molecule has 0 bridgehead atoms. The molecule has 9 nitrogen and oxygen atoms in total. The van der Waals surface area contributed by atoms with Crippen molar-refractivity contribution in [2.75, 3.05) is 31.3 Å². The Morgan fingerprint density at radius 2 is 1.60 bits per heavy atom. The first-order chi connectivity index (χ1) is 19.0. The molecule has 220 valence electrons. The molecule has 2 N–H and O–H groups in total. The van der Waals surface area contributed by atoms with Crippen LogP contribution in [0.3, 0.4) is 0 Å². The third kappa shape index (κ3) is 7.90. The maximum atomic E-state index is 13.8. The van der Waals surface area contributed by atoms with E-state index in [4.69, 9.17) is 9.47 Å². The number of carboxylic acids is 1. The summed E-state index contributed by atoms with van der Waals surface area (Å²) < 4.78 is 35.8. The molecule has 0 radical (unpaired) electrons. The summed E-state index contributed by atoms with van der Waals surface area (Å²) in [5.41, 5.74) is 1.24. The second-order valence-corrected chi connectivity index (χ2v) is 12.6. The number of carbonyl (C=O) groups is 2. The Morgan fingerprint density at radius 3 is 2.12 bits per heavy atom. The number of urea groups is 1. The first-order valence-electron chi connectivity index (χ1n) is 14.0. The molecular formula is C30H42N2O7S. The lowest BCUT2D eigenvalue weighted by molar-refractivity contribution is -0.144. The first kappa shape index (κ1) is 31.3. The van der Waals surface area contributed by atoms with Crippen molar-refractivity contribution >= 4 is 21.8 Å². The molecule has 1 fully saturated rings. The number of hydrogen-bond acceptors (Lipinski definition) is 6. The fourth-order valence-electron chi connectivity index (χ4n) is 5.00. The molecule has 1 atom stereocenters. The highest BCUT2D eigenvalue weighted by molar-refractivity contribution is 7.91. The van der Waals surface area contributed by atoms with E-state index in [1.807, 2.05) is 58.0 Å². The predicted molar refractivity (Wildman–Crippen MR) is 155 cm³/mol. The number of nitrogens with zero attached hydrogens (tertiary/aromatic N) is 1. The van der Waals surface area contributed by atoms with Gasteiger partial charge in [0.05, 0.1) is 30.8 Å². The van der Waals surface area contributed by atoms with Gasteiger partial charge in [0, 0.05) is 12.1 Å². The Kier molecular flexibility index (Phi) is 10.8. The Morgan fingerprint density at radius 1 is 1.02 bits per heavy atom. The SMILES string of the molecule is CCOc1cc([C@@H](C)N(CCCCc2ccccc2)C(=O)NC2(C(=O)O)CCS(=O)(=O)CC2)cc(OCC)c1C. The van der Waals surface area contributed by atoms with Crippen LogP contribution in [0.1, 0.15) is 69.2 Å².